The van der Waals surface area contributed by atoms with E-state index in [1.807, 2.05) is 51.1 Å². The van der Waals surface area contributed by atoms with E-state index in [-0.39, 0.29) is 5.91 Å². The van der Waals surface area contributed by atoms with Crippen molar-refractivity contribution in [2.45, 2.75) is 20.8 Å². The van der Waals surface area contributed by atoms with Gasteiger partial charge in [-0.1, -0.05) is 23.8 Å². The van der Waals surface area contributed by atoms with Gasteiger partial charge in [-0.15, -0.1) is 0 Å². The van der Waals surface area contributed by atoms with Crippen molar-refractivity contribution in [2.24, 2.45) is 0 Å². The maximum absolute atomic E-state index is 12.2. The normalized spacial score (nSPS) is 10.3. The lowest BCUT2D eigenvalue weighted by Gasteiger charge is -2.12. The van der Waals surface area contributed by atoms with E-state index in [4.69, 9.17) is 5.73 Å². The zero-order valence-corrected chi connectivity index (χ0v) is 11.4. The van der Waals surface area contributed by atoms with Crippen LogP contribution in [0.4, 0.5) is 11.4 Å². The maximum Gasteiger partial charge on any atom is 0.255 e. The van der Waals surface area contributed by atoms with Crippen molar-refractivity contribution in [3.05, 3.63) is 58.7 Å². The van der Waals surface area contributed by atoms with Crippen LogP contribution in [0, 0.1) is 20.8 Å². The second-order valence-corrected chi connectivity index (χ2v) is 4.87. The van der Waals surface area contributed by atoms with Crippen molar-refractivity contribution in [2.75, 3.05) is 11.1 Å². The molecule has 3 nitrogen and oxygen atoms in total. The largest absolute Gasteiger partial charge is 0.397 e. The van der Waals surface area contributed by atoms with Gasteiger partial charge in [-0.2, -0.15) is 0 Å². The number of aryl methyl sites for hydroxylation is 3. The number of nitrogen functional groups attached to an aromatic ring is 1. The average Bonchev–Trinajstić information content (AvgIpc) is 2.33. The van der Waals surface area contributed by atoms with E-state index in [9.17, 15) is 4.79 Å². The smallest absolute Gasteiger partial charge is 0.255 e. The molecule has 0 atom stereocenters. The molecule has 2 rings (SSSR count). The Morgan fingerprint density at radius 1 is 1.05 bits per heavy atom. The Morgan fingerprint density at radius 2 is 1.79 bits per heavy atom. The summed E-state index contributed by atoms with van der Waals surface area (Å²) >= 11 is 0. The SMILES string of the molecule is Cc1cccc(C(=O)Nc2c(C)cc(C)cc2N)c1. The topological polar surface area (TPSA) is 55.1 Å². The van der Waals surface area contributed by atoms with Crippen LogP contribution in [-0.4, -0.2) is 5.91 Å². The number of carbonyl (C=O) groups excluding carboxylic acids is 1. The molecule has 0 aromatic heterocycles. The second-order valence-electron chi connectivity index (χ2n) is 4.87. The molecule has 0 radical (unpaired) electrons. The summed E-state index contributed by atoms with van der Waals surface area (Å²) in [5, 5.41) is 2.89. The van der Waals surface area contributed by atoms with Gasteiger partial charge >= 0.3 is 0 Å². The number of amides is 1. The first kappa shape index (κ1) is 13.1. The van der Waals surface area contributed by atoms with Crippen molar-refractivity contribution in [1.82, 2.24) is 0 Å². The molecular formula is C16H18N2O. The average molecular weight is 254 g/mol. The van der Waals surface area contributed by atoms with E-state index in [0.29, 0.717) is 16.9 Å². The predicted molar refractivity (Wildman–Crippen MR) is 79.5 cm³/mol. The lowest BCUT2D eigenvalue weighted by Crippen LogP contribution is -2.14. The van der Waals surface area contributed by atoms with Gasteiger partial charge in [0.25, 0.3) is 5.91 Å². The minimum absolute atomic E-state index is 0.137. The van der Waals surface area contributed by atoms with Crippen LogP contribution >= 0.6 is 0 Å². The molecule has 0 heterocycles. The first-order chi connectivity index (χ1) is 8.97. The van der Waals surface area contributed by atoms with Crippen molar-refractivity contribution in [3.63, 3.8) is 0 Å². The van der Waals surface area contributed by atoms with Gasteiger partial charge in [0.2, 0.25) is 0 Å². The van der Waals surface area contributed by atoms with Gasteiger partial charge in [-0.25, -0.2) is 0 Å². The van der Waals surface area contributed by atoms with Gasteiger partial charge < -0.3 is 11.1 Å². The molecule has 2 aromatic rings. The summed E-state index contributed by atoms with van der Waals surface area (Å²) in [5.74, 6) is -0.137. The summed E-state index contributed by atoms with van der Waals surface area (Å²) in [7, 11) is 0. The highest BCUT2D eigenvalue weighted by Crippen LogP contribution is 2.25. The highest BCUT2D eigenvalue weighted by atomic mass is 16.1. The van der Waals surface area contributed by atoms with E-state index in [0.717, 1.165) is 16.7 Å². The van der Waals surface area contributed by atoms with Gasteiger partial charge in [0, 0.05) is 5.56 Å². The fourth-order valence-corrected chi connectivity index (χ4v) is 2.14. The third-order valence-corrected chi connectivity index (χ3v) is 3.03. The molecule has 0 saturated heterocycles. The maximum atomic E-state index is 12.2. The highest BCUT2D eigenvalue weighted by molar-refractivity contribution is 6.06. The fraction of sp³-hybridized carbons (Fsp3) is 0.188. The summed E-state index contributed by atoms with van der Waals surface area (Å²) in [4.78, 5) is 12.2. The predicted octanol–water partition coefficient (Wildman–Crippen LogP) is 3.45. The van der Waals surface area contributed by atoms with Gasteiger partial charge in [0.05, 0.1) is 11.4 Å². The summed E-state index contributed by atoms with van der Waals surface area (Å²) in [5.41, 5.74) is 11.0. The van der Waals surface area contributed by atoms with Gasteiger partial charge in [-0.05, 0) is 50.1 Å². The van der Waals surface area contributed by atoms with Crippen LogP contribution in [0.25, 0.3) is 0 Å². The Bertz CT molecular complexity index is 609. The molecule has 19 heavy (non-hydrogen) atoms. The molecule has 0 aliphatic carbocycles. The molecule has 2 aromatic carbocycles. The van der Waals surface area contributed by atoms with Crippen LogP contribution < -0.4 is 11.1 Å². The molecule has 0 unspecified atom stereocenters. The lowest BCUT2D eigenvalue weighted by atomic mass is 10.1. The molecule has 0 saturated carbocycles. The summed E-state index contributed by atoms with van der Waals surface area (Å²) in [6.07, 6.45) is 0. The van der Waals surface area contributed by atoms with E-state index in [1.54, 1.807) is 6.07 Å². The molecule has 0 spiro atoms. The van der Waals surface area contributed by atoms with Crippen LogP contribution in [0.15, 0.2) is 36.4 Å². The molecule has 98 valence electrons. The van der Waals surface area contributed by atoms with Crippen molar-refractivity contribution >= 4 is 17.3 Å². The quantitative estimate of drug-likeness (QED) is 0.806. The van der Waals surface area contributed by atoms with E-state index < -0.39 is 0 Å². The number of benzene rings is 2. The fourth-order valence-electron chi connectivity index (χ4n) is 2.14. The first-order valence-electron chi connectivity index (χ1n) is 6.22. The molecule has 0 aliphatic heterocycles. The van der Waals surface area contributed by atoms with Crippen molar-refractivity contribution in [3.8, 4) is 0 Å². The van der Waals surface area contributed by atoms with Crippen molar-refractivity contribution < 1.29 is 4.79 Å². The molecular weight excluding hydrogens is 236 g/mol. The summed E-state index contributed by atoms with van der Waals surface area (Å²) in [6.45, 7) is 5.88. The zero-order chi connectivity index (χ0) is 14.0. The molecule has 0 aliphatic rings. The number of hydrogen-bond donors (Lipinski definition) is 2. The zero-order valence-electron chi connectivity index (χ0n) is 11.4. The first-order valence-corrected chi connectivity index (χ1v) is 6.22. The van der Waals surface area contributed by atoms with Gasteiger partial charge in [0.15, 0.2) is 0 Å². The van der Waals surface area contributed by atoms with Crippen LogP contribution in [-0.2, 0) is 0 Å². The number of nitrogens with one attached hydrogen (secondary N) is 1. The Morgan fingerprint density at radius 3 is 2.42 bits per heavy atom. The van der Waals surface area contributed by atoms with Gasteiger partial charge in [-0.3, -0.25) is 4.79 Å². The van der Waals surface area contributed by atoms with E-state index in [2.05, 4.69) is 5.32 Å². The Balaban J connectivity index is 2.29. The summed E-state index contributed by atoms with van der Waals surface area (Å²) in [6, 6.07) is 11.3. The standard InChI is InChI=1S/C16H18N2O/c1-10-5-4-6-13(8-10)16(19)18-15-12(3)7-11(2)9-14(15)17/h4-9H,17H2,1-3H3,(H,18,19). The van der Waals surface area contributed by atoms with E-state index >= 15 is 0 Å². The minimum atomic E-state index is -0.137. The molecule has 1 amide bonds. The Hall–Kier alpha value is -2.29. The monoisotopic (exact) mass is 254 g/mol. The minimum Gasteiger partial charge on any atom is -0.397 e. The van der Waals surface area contributed by atoms with E-state index in [1.165, 1.54) is 0 Å². The number of anilines is 2. The Kier molecular flexibility index (Phi) is 3.56. The van der Waals surface area contributed by atoms with Crippen LogP contribution in [0.2, 0.25) is 0 Å². The number of nitrogens with two attached hydrogens (primary N) is 1. The molecule has 0 bridgehead atoms. The second kappa shape index (κ2) is 5.14. The number of rotatable bonds is 2. The van der Waals surface area contributed by atoms with Crippen LogP contribution in [0.3, 0.4) is 0 Å². The van der Waals surface area contributed by atoms with Crippen LogP contribution in [0.1, 0.15) is 27.0 Å². The highest BCUT2D eigenvalue weighted by Gasteiger charge is 2.10. The third-order valence-electron chi connectivity index (χ3n) is 3.03. The molecule has 0 fully saturated rings. The Labute approximate surface area is 113 Å². The van der Waals surface area contributed by atoms with Crippen LogP contribution in [0.5, 0.6) is 0 Å². The number of carbonyl (C=O) groups is 1. The summed E-state index contributed by atoms with van der Waals surface area (Å²) < 4.78 is 0. The molecule has 3 N–H and O–H groups in total. The molecule has 3 heteroatoms. The van der Waals surface area contributed by atoms with Gasteiger partial charge in [0.1, 0.15) is 0 Å². The number of hydrogen-bond acceptors (Lipinski definition) is 2. The third kappa shape index (κ3) is 2.94. The van der Waals surface area contributed by atoms with Crippen molar-refractivity contribution in [1.29, 1.82) is 0 Å². The lowest BCUT2D eigenvalue weighted by molar-refractivity contribution is 0.102.